The number of nitrogens with zero attached hydrogens (tertiary/aromatic N) is 3. The molecule has 1 fully saturated rings. The van der Waals surface area contributed by atoms with Gasteiger partial charge in [0, 0.05) is 36.6 Å². The molecule has 2 aromatic carbocycles. The van der Waals surface area contributed by atoms with Crippen LogP contribution in [0.2, 0.25) is 0 Å². The number of likely N-dealkylation sites (tertiary alicyclic amines) is 1. The van der Waals surface area contributed by atoms with Crippen molar-refractivity contribution in [3.05, 3.63) is 59.7 Å². The minimum Gasteiger partial charge on any atom is -0.370 e. The van der Waals surface area contributed by atoms with Crippen molar-refractivity contribution in [1.29, 1.82) is 0 Å². The van der Waals surface area contributed by atoms with Crippen LogP contribution < -0.4 is 16.8 Å². The first-order valence-electron chi connectivity index (χ1n) is 10.4. The third-order valence-corrected chi connectivity index (χ3v) is 6.85. The summed E-state index contributed by atoms with van der Waals surface area (Å²) in [6.45, 7) is 3.64. The summed E-state index contributed by atoms with van der Waals surface area (Å²) < 4.78 is 14.8. The zero-order valence-corrected chi connectivity index (χ0v) is 19.4. The standard InChI is InChI=1S/C23H30N6O2S/c1-16(22(30)27-23(24)25)14-17-4-6-18(7-5-17)26-19-8-10-21(11-9-19)32(31)29(3)20-12-13-28(2)15-20/h4-11,14,20,26H,12-13,15H2,1-3H3,(H4,24,25,27,30)/b16-14+. The van der Waals surface area contributed by atoms with Gasteiger partial charge in [0.15, 0.2) is 5.96 Å². The molecule has 2 aromatic rings. The Bertz CT molecular complexity index is 1030. The Morgan fingerprint density at radius 2 is 1.75 bits per heavy atom. The summed E-state index contributed by atoms with van der Waals surface area (Å²) in [6, 6.07) is 15.6. The second kappa shape index (κ2) is 10.5. The molecule has 1 saturated heterocycles. The summed E-state index contributed by atoms with van der Waals surface area (Å²) in [6.07, 6.45) is 2.76. The van der Waals surface area contributed by atoms with Crippen LogP contribution in [0.4, 0.5) is 11.4 Å². The van der Waals surface area contributed by atoms with Gasteiger partial charge in [0.1, 0.15) is 11.0 Å². The number of carbonyl (C=O) groups is 1. The first-order valence-corrected chi connectivity index (χ1v) is 11.5. The maximum atomic E-state index is 12.9. The van der Waals surface area contributed by atoms with Crippen molar-refractivity contribution in [2.45, 2.75) is 24.3 Å². The van der Waals surface area contributed by atoms with Crippen molar-refractivity contribution in [1.82, 2.24) is 9.21 Å². The van der Waals surface area contributed by atoms with Crippen molar-refractivity contribution >= 4 is 40.3 Å². The van der Waals surface area contributed by atoms with E-state index in [1.54, 1.807) is 13.0 Å². The second-order valence-electron chi connectivity index (χ2n) is 7.94. The van der Waals surface area contributed by atoms with Gasteiger partial charge < -0.3 is 21.7 Å². The largest absolute Gasteiger partial charge is 0.370 e. The monoisotopic (exact) mass is 454 g/mol. The van der Waals surface area contributed by atoms with E-state index in [0.29, 0.717) is 11.6 Å². The van der Waals surface area contributed by atoms with Crippen LogP contribution in [0.5, 0.6) is 0 Å². The number of carbonyl (C=O) groups excluding carboxylic acids is 1. The van der Waals surface area contributed by atoms with Crippen molar-refractivity contribution in [3.8, 4) is 0 Å². The topological polar surface area (TPSA) is 117 Å². The number of guanidine groups is 1. The smallest absolute Gasteiger partial charge is 0.275 e. The van der Waals surface area contributed by atoms with Gasteiger partial charge in [0.25, 0.3) is 5.91 Å². The van der Waals surface area contributed by atoms with E-state index < -0.39 is 16.9 Å². The SMILES string of the molecule is C/C(=C\c1ccc(Nc2ccc(S(=O)N(C)C3CCN(C)C3)cc2)cc1)C(=O)N=C(N)N. The lowest BCUT2D eigenvalue weighted by Gasteiger charge is -2.23. The highest BCUT2D eigenvalue weighted by atomic mass is 32.2. The Morgan fingerprint density at radius 3 is 2.28 bits per heavy atom. The van der Waals surface area contributed by atoms with Gasteiger partial charge in [-0.1, -0.05) is 12.1 Å². The number of nitrogens with two attached hydrogens (primary N) is 2. The second-order valence-corrected chi connectivity index (χ2v) is 9.49. The van der Waals surface area contributed by atoms with E-state index in [1.165, 1.54) is 0 Å². The summed E-state index contributed by atoms with van der Waals surface area (Å²) in [7, 11) is 2.83. The highest BCUT2D eigenvalue weighted by molar-refractivity contribution is 7.82. The van der Waals surface area contributed by atoms with Gasteiger partial charge in [-0.05, 0) is 75.0 Å². The first kappa shape index (κ1) is 23.6. The van der Waals surface area contributed by atoms with Crippen LogP contribution in [0, 0.1) is 0 Å². The number of amides is 1. The Morgan fingerprint density at radius 1 is 1.16 bits per heavy atom. The molecular formula is C23H30N6O2S. The molecule has 170 valence electrons. The number of nitrogens with one attached hydrogen (secondary N) is 1. The van der Waals surface area contributed by atoms with Crippen molar-refractivity contribution in [3.63, 3.8) is 0 Å². The highest BCUT2D eigenvalue weighted by Gasteiger charge is 2.27. The first-order chi connectivity index (χ1) is 15.2. The van der Waals surface area contributed by atoms with Gasteiger partial charge in [0.2, 0.25) is 0 Å². The molecule has 1 aliphatic rings. The molecule has 2 atom stereocenters. The Labute approximate surface area is 191 Å². The normalized spacial score (nSPS) is 17.9. The zero-order valence-electron chi connectivity index (χ0n) is 18.6. The summed E-state index contributed by atoms with van der Waals surface area (Å²) in [5.41, 5.74) is 13.6. The van der Waals surface area contributed by atoms with E-state index in [9.17, 15) is 9.00 Å². The molecule has 3 rings (SSSR count). The Hall–Kier alpha value is -3.01. The molecule has 8 nitrogen and oxygen atoms in total. The number of benzene rings is 2. The third-order valence-electron chi connectivity index (χ3n) is 5.35. The molecule has 9 heteroatoms. The lowest BCUT2D eigenvalue weighted by Crippen LogP contribution is -2.35. The van der Waals surface area contributed by atoms with Gasteiger partial charge >= 0.3 is 0 Å². The quantitative estimate of drug-likeness (QED) is 0.336. The Kier molecular flexibility index (Phi) is 7.79. The van der Waals surface area contributed by atoms with E-state index in [0.717, 1.165) is 41.3 Å². The van der Waals surface area contributed by atoms with Crippen LogP contribution in [0.1, 0.15) is 18.9 Å². The fourth-order valence-corrected chi connectivity index (χ4v) is 4.66. The number of rotatable bonds is 7. The summed E-state index contributed by atoms with van der Waals surface area (Å²) >= 11 is 0. The summed E-state index contributed by atoms with van der Waals surface area (Å²) in [4.78, 5) is 18.4. The summed E-state index contributed by atoms with van der Waals surface area (Å²) in [5.74, 6) is -0.717. The van der Waals surface area contributed by atoms with E-state index in [4.69, 9.17) is 11.5 Å². The fourth-order valence-electron chi connectivity index (χ4n) is 3.51. The molecular weight excluding hydrogens is 424 g/mol. The average Bonchev–Trinajstić information content (AvgIpc) is 3.20. The van der Waals surface area contributed by atoms with Crippen LogP contribution in [0.15, 0.2) is 64.0 Å². The zero-order chi connectivity index (χ0) is 23.3. The van der Waals surface area contributed by atoms with Crippen LogP contribution in [-0.2, 0) is 15.8 Å². The third kappa shape index (κ3) is 6.25. The molecule has 0 bridgehead atoms. The molecule has 1 amide bonds. The number of aliphatic imine (C=N–C) groups is 1. The van der Waals surface area contributed by atoms with Gasteiger partial charge in [-0.2, -0.15) is 4.99 Å². The van der Waals surface area contributed by atoms with E-state index >= 15 is 0 Å². The van der Waals surface area contributed by atoms with Crippen LogP contribution >= 0.6 is 0 Å². The van der Waals surface area contributed by atoms with Crippen molar-refractivity contribution < 1.29 is 9.00 Å². The van der Waals surface area contributed by atoms with Crippen LogP contribution in [0.25, 0.3) is 6.08 Å². The number of anilines is 2. The van der Waals surface area contributed by atoms with E-state index in [-0.39, 0.29) is 5.96 Å². The number of likely N-dealkylation sites (N-methyl/N-ethyl adjacent to an activating group) is 2. The van der Waals surface area contributed by atoms with Crippen LogP contribution in [-0.4, -0.2) is 58.5 Å². The molecule has 0 aromatic heterocycles. The maximum Gasteiger partial charge on any atom is 0.275 e. The highest BCUT2D eigenvalue weighted by Crippen LogP contribution is 2.22. The summed E-state index contributed by atoms with van der Waals surface area (Å²) in [5, 5.41) is 3.33. The maximum absolute atomic E-state index is 12.9. The fraction of sp³-hybridized carbons (Fsp3) is 0.304. The average molecular weight is 455 g/mol. The predicted octanol–water partition coefficient (Wildman–Crippen LogP) is 2.29. The van der Waals surface area contributed by atoms with Gasteiger partial charge in [0.05, 0.1) is 4.90 Å². The predicted molar refractivity (Wildman–Crippen MR) is 131 cm³/mol. The molecule has 32 heavy (non-hydrogen) atoms. The van der Waals surface area contributed by atoms with Crippen molar-refractivity contribution in [2.75, 3.05) is 32.5 Å². The minimum atomic E-state index is -1.18. The molecule has 0 spiro atoms. The number of hydrogen-bond acceptors (Lipinski definition) is 4. The molecule has 1 heterocycles. The van der Waals surface area contributed by atoms with E-state index in [2.05, 4.69) is 22.3 Å². The van der Waals surface area contributed by atoms with Gasteiger partial charge in [-0.3, -0.25) is 4.79 Å². The molecule has 0 aliphatic carbocycles. The molecule has 0 radical (unpaired) electrons. The van der Waals surface area contributed by atoms with Crippen LogP contribution in [0.3, 0.4) is 0 Å². The lowest BCUT2D eigenvalue weighted by molar-refractivity contribution is -0.114. The van der Waals surface area contributed by atoms with E-state index in [1.807, 2.05) is 59.9 Å². The lowest BCUT2D eigenvalue weighted by atomic mass is 10.1. The molecule has 2 unspecified atom stereocenters. The molecule has 1 aliphatic heterocycles. The Balaban J connectivity index is 1.61. The molecule has 0 saturated carbocycles. The van der Waals surface area contributed by atoms with Gasteiger partial charge in [-0.25, -0.2) is 8.51 Å². The molecule has 5 N–H and O–H groups in total. The number of hydrogen-bond donors (Lipinski definition) is 3. The van der Waals surface area contributed by atoms with Crippen molar-refractivity contribution in [2.24, 2.45) is 16.5 Å². The minimum absolute atomic E-state index is 0.255. The van der Waals surface area contributed by atoms with Gasteiger partial charge in [-0.15, -0.1) is 0 Å².